The summed E-state index contributed by atoms with van der Waals surface area (Å²) in [5, 5.41) is 0.620. The van der Waals surface area contributed by atoms with E-state index in [1.54, 1.807) is 17.0 Å². The summed E-state index contributed by atoms with van der Waals surface area (Å²) in [4.78, 5) is 23.1. The third kappa shape index (κ3) is 5.67. The van der Waals surface area contributed by atoms with Crippen molar-refractivity contribution in [2.24, 2.45) is 0 Å². The van der Waals surface area contributed by atoms with Gasteiger partial charge >= 0.3 is 0 Å². The fourth-order valence-corrected chi connectivity index (χ4v) is 7.72. The summed E-state index contributed by atoms with van der Waals surface area (Å²) in [7, 11) is -2.31. The number of hydrogen-bond acceptors (Lipinski definition) is 7. The third-order valence-corrected chi connectivity index (χ3v) is 9.95. The van der Waals surface area contributed by atoms with E-state index in [0.29, 0.717) is 43.4 Å². The SMILES string of the molecule is CCN(CC)CCN(C(=O)C1CCCN1S(=O)(=O)c1ccc(OC)cc1)c1nc2c(C)cc(C)cc2s1. The van der Waals surface area contributed by atoms with Crippen molar-refractivity contribution >= 4 is 42.6 Å². The van der Waals surface area contributed by atoms with Crippen molar-refractivity contribution in [3.63, 3.8) is 0 Å². The predicted octanol–water partition coefficient (Wildman–Crippen LogP) is 4.45. The summed E-state index contributed by atoms with van der Waals surface area (Å²) in [6.07, 6.45) is 1.12. The van der Waals surface area contributed by atoms with Crippen LogP contribution in [-0.4, -0.2) is 74.4 Å². The molecule has 0 N–H and O–H groups in total. The smallest absolute Gasteiger partial charge is 0.247 e. The van der Waals surface area contributed by atoms with Crippen LogP contribution < -0.4 is 9.64 Å². The molecule has 10 heteroatoms. The van der Waals surface area contributed by atoms with E-state index in [4.69, 9.17) is 9.72 Å². The quantitative estimate of drug-likeness (QED) is 0.375. The van der Waals surface area contributed by atoms with E-state index in [1.165, 1.54) is 34.9 Å². The molecule has 1 aromatic heterocycles. The van der Waals surface area contributed by atoms with Crippen LogP contribution in [-0.2, 0) is 14.8 Å². The number of nitrogens with zero attached hydrogens (tertiary/aromatic N) is 4. The Hall–Kier alpha value is -2.53. The molecule has 1 amide bonds. The van der Waals surface area contributed by atoms with Gasteiger partial charge in [-0.25, -0.2) is 13.4 Å². The van der Waals surface area contributed by atoms with Crippen LogP contribution in [0.2, 0.25) is 0 Å². The number of likely N-dealkylation sites (N-methyl/N-ethyl adjacent to an activating group) is 1. The Kier molecular flexibility index (Phi) is 8.52. The number of methoxy groups -OCH3 is 1. The Morgan fingerprint density at radius 1 is 1.14 bits per heavy atom. The van der Waals surface area contributed by atoms with Crippen LogP contribution in [0.3, 0.4) is 0 Å². The number of aryl methyl sites for hydroxylation is 2. The third-order valence-electron chi connectivity index (χ3n) is 7.00. The van der Waals surface area contributed by atoms with Gasteiger partial charge in [0.2, 0.25) is 15.9 Å². The largest absolute Gasteiger partial charge is 0.497 e. The van der Waals surface area contributed by atoms with E-state index >= 15 is 0 Å². The second kappa shape index (κ2) is 11.5. The Bertz CT molecular complexity index is 1350. The molecule has 4 rings (SSSR count). The maximum Gasteiger partial charge on any atom is 0.247 e. The number of amides is 1. The number of ether oxygens (including phenoxy) is 1. The van der Waals surface area contributed by atoms with E-state index in [1.807, 2.05) is 6.92 Å². The lowest BCUT2D eigenvalue weighted by molar-refractivity contribution is -0.121. The van der Waals surface area contributed by atoms with Gasteiger partial charge in [-0.15, -0.1) is 0 Å². The first-order valence-corrected chi connectivity index (χ1v) is 15.0. The molecule has 0 bridgehead atoms. The predicted molar refractivity (Wildman–Crippen MR) is 149 cm³/mol. The number of sulfonamides is 1. The molecule has 1 aliphatic rings. The average molecular weight is 545 g/mol. The molecule has 3 aromatic rings. The molecule has 1 fully saturated rings. The van der Waals surface area contributed by atoms with Crippen LogP contribution in [0.4, 0.5) is 5.13 Å². The molecule has 200 valence electrons. The van der Waals surface area contributed by atoms with Gasteiger partial charge in [0.15, 0.2) is 5.13 Å². The van der Waals surface area contributed by atoms with E-state index in [-0.39, 0.29) is 10.8 Å². The fraction of sp³-hybridized carbons (Fsp3) is 0.481. The molecule has 1 unspecified atom stereocenters. The molecule has 2 aromatic carbocycles. The summed E-state index contributed by atoms with van der Waals surface area (Å²) < 4.78 is 34.7. The second-order valence-corrected chi connectivity index (χ2v) is 12.3. The lowest BCUT2D eigenvalue weighted by Crippen LogP contribution is -2.49. The molecular formula is C27H36N4O4S2. The van der Waals surface area contributed by atoms with Gasteiger partial charge in [-0.1, -0.05) is 31.3 Å². The highest BCUT2D eigenvalue weighted by Crippen LogP contribution is 2.34. The number of carbonyl (C=O) groups excluding carboxylic acids is 1. The van der Waals surface area contributed by atoms with Gasteiger partial charge in [0.25, 0.3) is 0 Å². The summed E-state index contributed by atoms with van der Waals surface area (Å²) in [5.74, 6) is 0.368. The maximum atomic E-state index is 14.1. The highest BCUT2D eigenvalue weighted by Gasteiger charge is 2.42. The highest BCUT2D eigenvalue weighted by molar-refractivity contribution is 7.89. The lowest BCUT2D eigenvalue weighted by atomic mass is 10.1. The monoisotopic (exact) mass is 544 g/mol. The van der Waals surface area contributed by atoms with Crippen molar-refractivity contribution in [3.8, 4) is 5.75 Å². The number of thiazole rings is 1. The summed E-state index contributed by atoms with van der Waals surface area (Å²) in [6, 6.07) is 9.73. The molecule has 37 heavy (non-hydrogen) atoms. The van der Waals surface area contributed by atoms with Crippen molar-refractivity contribution in [3.05, 3.63) is 47.5 Å². The van der Waals surface area contributed by atoms with Gasteiger partial charge in [-0.2, -0.15) is 4.31 Å². The lowest BCUT2D eigenvalue weighted by Gasteiger charge is -2.30. The number of hydrogen-bond donors (Lipinski definition) is 0. The molecule has 2 heterocycles. The van der Waals surface area contributed by atoms with Crippen LogP contribution in [0.5, 0.6) is 5.75 Å². The van der Waals surface area contributed by atoms with Crippen LogP contribution >= 0.6 is 11.3 Å². The van der Waals surface area contributed by atoms with Gasteiger partial charge < -0.3 is 9.64 Å². The van der Waals surface area contributed by atoms with Crippen molar-refractivity contribution in [1.29, 1.82) is 0 Å². The second-order valence-electron chi connectivity index (χ2n) is 9.39. The van der Waals surface area contributed by atoms with Gasteiger partial charge in [0, 0.05) is 19.6 Å². The number of fused-ring (bicyclic) bond motifs is 1. The molecule has 1 atom stereocenters. The number of aromatic nitrogens is 1. The Labute approximate surface area is 223 Å². The number of rotatable bonds is 10. The molecule has 8 nitrogen and oxygen atoms in total. The minimum atomic E-state index is -3.85. The normalized spacial score (nSPS) is 16.5. The zero-order chi connectivity index (χ0) is 26.7. The van der Waals surface area contributed by atoms with Crippen molar-refractivity contribution in [1.82, 2.24) is 14.2 Å². The maximum absolute atomic E-state index is 14.1. The average Bonchev–Trinajstić information content (AvgIpc) is 3.55. The molecular weight excluding hydrogens is 508 g/mol. The zero-order valence-corrected chi connectivity index (χ0v) is 23.9. The van der Waals surface area contributed by atoms with Crippen LogP contribution in [0.1, 0.15) is 37.8 Å². The van der Waals surface area contributed by atoms with Gasteiger partial charge in [-0.05, 0) is 81.2 Å². The molecule has 0 spiro atoms. The van der Waals surface area contributed by atoms with Crippen molar-refractivity contribution in [2.45, 2.75) is 51.5 Å². The van der Waals surface area contributed by atoms with Gasteiger partial charge in [-0.3, -0.25) is 9.69 Å². The molecule has 1 aliphatic heterocycles. The molecule has 1 saturated heterocycles. The van der Waals surface area contributed by atoms with Gasteiger partial charge in [0.05, 0.1) is 22.2 Å². The summed E-state index contributed by atoms with van der Waals surface area (Å²) in [5.41, 5.74) is 3.10. The van der Waals surface area contributed by atoms with Gasteiger partial charge in [0.1, 0.15) is 11.8 Å². The van der Waals surface area contributed by atoms with E-state index in [0.717, 1.165) is 34.4 Å². The molecule has 0 radical (unpaired) electrons. The summed E-state index contributed by atoms with van der Waals surface area (Å²) >= 11 is 1.49. The van der Waals surface area contributed by atoms with Crippen molar-refractivity contribution in [2.75, 3.05) is 44.7 Å². The molecule has 0 aliphatic carbocycles. The Morgan fingerprint density at radius 3 is 2.49 bits per heavy atom. The number of benzene rings is 2. The first kappa shape index (κ1) is 27.5. The van der Waals surface area contributed by atoms with E-state index in [9.17, 15) is 13.2 Å². The van der Waals surface area contributed by atoms with Crippen molar-refractivity contribution < 1.29 is 17.9 Å². The Morgan fingerprint density at radius 2 is 1.84 bits per heavy atom. The molecule has 0 saturated carbocycles. The topological polar surface area (TPSA) is 83.0 Å². The summed E-state index contributed by atoms with van der Waals surface area (Å²) in [6.45, 7) is 11.5. The van der Waals surface area contributed by atoms with E-state index in [2.05, 4.69) is 37.8 Å². The van der Waals surface area contributed by atoms with Crippen LogP contribution in [0.25, 0.3) is 10.2 Å². The minimum Gasteiger partial charge on any atom is -0.497 e. The first-order valence-electron chi connectivity index (χ1n) is 12.8. The van der Waals surface area contributed by atoms with Crippen LogP contribution in [0.15, 0.2) is 41.3 Å². The number of carbonyl (C=O) groups is 1. The fourth-order valence-electron chi connectivity index (χ4n) is 4.89. The first-order chi connectivity index (χ1) is 17.7. The highest BCUT2D eigenvalue weighted by atomic mass is 32.2. The van der Waals surface area contributed by atoms with E-state index < -0.39 is 16.1 Å². The zero-order valence-electron chi connectivity index (χ0n) is 22.2. The van der Waals surface area contributed by atoms with Crippen LogP contribution in [0, 0.1) is 13.8 Å². The Balaban J connectivity index is 1.68. The number of anilines is 1. The standard InChI is InChI=1S/C27H36N4O4S2/c1-6-29(7-2)15-16-30(27-28-25-20(4)17-19(3)18-24(25)36-27)26(32)23-9-8-14-31(23)37(33,34)22-12-10-21(35-5)11-13-22/h10-13,17-18,23H,6-9,14-16H2,1-5H3. The minimum absolute atomic E-state index is 0.161.